The van der Waals surface area contributed by atoms with Crippen molar-refractivity contribution in [2.24, 2.45) is 4.99 Å². The van der Waals surface area contributed by atoms with E-state index >= 15 is 0 Å². The number of hydrogen-bond donors (Lipinski definition) is 1. The van der Waals surface area contributed by atoms with Crippen molar-refractivity contribution >= 4 is 22.4 Å². The Morgan fingerprint density at radius 2 is 1.79 bits per heavy atom. The number of methoxy groups -OCH3 is 1. The molecule has 1 N–H and O–H groups in total. The molecular formula is C28H25N5O. The minimum atomic E-state index is 0.370. The van der Waals surface area contributed by atoms with Gasteiger partial charge in [0.25, 0.3) is 0 Å². The molecule has 3 aliphatic rings. The molecule has 0 amide bonds. The van der Waals surface area contributed by atoms with Crippen LogP contribution in [0.4, 0.5) is 11.4 Å². The van der Waals surface area contributed by atoms with Gasteiger partial charge in [0.2, 0.25) is 5.88 Å². The third-order valence-corrected chi connectivity index (χ3v) is 6.09. The van der Waals surface area contributed by atoms with Crippen LogP contribution in [0.1, 0.15) is 18.4 Å². The van der Waals surface area contributed by atoms with Gasteiger partial charge in [0, 0.05) is 11.9 Å². The van der Waals surface area contributed by atoms with Gasteiger partial charge in [0.15, 0.2) is 0 Å². The first-order chi connectivity index (χ1) is 16.7. The standard InChI is InChI=1S/C28H25N5O/c1-18-9-13-20(14-10-18)33-26-8-4-3-6-21(26)31-25-16-23(24(17-27(25)33)30-19-11-12-19)32-22-7-5-15-29-28(22)34-2/h3-10,13-17,19,32H,11-12H2,1-2H3. The molecule has 2 heterocycles. The van der Waals surface area contributed by atoms with E-state index in [0.717, 1.165) is 57.7 Å². The van der Waals surface area contributed by atoms with Crippen molar-refractivity contribution in [3.8, 4) is 23.0 Å². The molecule has 0 bridgehead atoms. The number of hydrogen-bond acceptors (Lipinski definition) is 5. The highest BCUT2D eigenvalue weighted by molar-refractivity contribution is 5.84. The average molecular weight is 448 g/mol. The number of aryl methyl sites for hydroxylation is 1. The molecule has 1 fully saturated rings. The maximum atomic E-state index is 5.46. The van der Waals surface area contributed by atoms with Crippen LogP contribution < -0.4 is 15.4 Å². The Balaban J connectivity index is 1.63. The normalized spacial score (nSPS) is 14.0. The van der Waals surface area contributed by atoms with Crippen LogP contribution in [0.25, 0.3) is 28.1 Å². The van der Waals surface area contributed by atoms with Crippen LogP contribution >= 0.6 is 0 Å². The first-order valence-electron chi connectivity index (χ1n) is 11.5. The van der Waals surface area contributed by atoms with Gasteiger partial charge < -0.3 is 14.6 Å². The number of ether oxygens (including phenoxy) is 1. The van der Waals surface area contributed by atoms with Gasteiger partial charge in [-0.2, -0.15) is 0 Å². The molecular weight excluding hydrogens is 422 g/mol. The van der Waals surface area contributed by atoms with Gasteiger partial charge in [-0.25, -0.2) is 9.97 Å². The van der Waals surface area contributed by atoms with Crippen molar-refractivity contribution in [3.05, 3.63) is 89.9 Å². The number of nitrogens with one attached hydrogen (secondary N) is 1. The van der Waals surface area contributed by atoms with E-state index in [4.69, 9.17) is 14.7 Å². The summed E-state index contributed by atoms with van der Waals surface area (Å²) in [5, 5.41) is 4.42. The molecule has 0 radical (unpaired) electrons. The zero-order valence-electron chi connectivity index (χ0n) is 19.2. The lowest BCUT2D eigenvalue weighted by Gasteiger charge is -2.20. The topological polar surface area (TPSA) is 64.3 Å². The van der Waals surface area contributed by atoms with E-state index < -0.39 is 0 Å². The lowest BCUT2D eigenvalue weighted by Crippen LogP contribution is -2.16. The minimum Gasteiger partial charge on any atom is -0.480 e. The Hall–Kier alpha value is -4.19. The van der Waals surface area contributed by atoms with Crippen LogP contribution in [-0.2, 0) is 0 Å². The first-order valence-corrected chi connectivity index (χ1v) is 11.5. The Morgan fingerprint density at radius 3 is 2.59 bits per heavy atom. The number of para-hydroxylation sites is 2. The third-order valence-electron chi connectivity index (χ3n) is 6.09. The molecule has 168 valence electrons. The maximum Gasteiger partial charge on any atom is 0.237 e. The van der Waals surface area contributed by atoms with Gasteiger partial charge in [0.05, 0.1) is 46.6 Å². The highest BCUT2D eigenvalue weighted by atomic mass is 16.5. The third kappa shape index (κ3) is 3.77. The number of rotatable bonds is 5. The second-order valence-electron chi connectivity index (χ2n) is 8.68. The van der Waals surface area contributed by atoms with Crippen molar-refractivity contribution < 1.29 is 4.74 Å². The van der Waals surface area contributed by atoms with E-state index in [0.29, 0.717) is 11.9 Å². The van der Waals surface area contributed by atoms with Gasteiger partial charge in [-0.15, -0.1) is 0 Å². The average Bonchev–Trinajstić information content (AvgIpc) is 3.68. The number of pyridine rings is 1. The van der Waals surface area contributed by atoms with Crippen molar-refractivity contribution in [2.45, 2.75) is 25.8 Å². The van der Waals surface area contributed by atoms with Crippen LogP contribution in [-0.4, -0.2) is 27.7 Å². The van der Waals surface area contributed by atoms with Crippen LogP contribution in [0, 0.1) is 6.92 Å². The second-order valence-corrected chi connectivity index (χ2v) is 8.68. The van der Waals surface area contributed by atoms with Crippen molar-refractivity contribution in [3.63, 3.8) is 0 Å². The van der Waals surface area contributed by atoms with Crippen molar-refractivity contribution in [1.82, 2.24) is 14.5 Å². The molecule has 6 heteroatoms. The molecule has 0 spiro atoms. The van der Waals surface area contributed by atoms with Gasteiger partial charge in [-0.1, -0.05) is 29.8 Å². The van der Waals surface area contributed by atoms with Gasteiger partial charge in [0.1, 0.15) is 5.69 Å². The summed E-state index contributed by atoms with van der Waals surface area (Å²) < 4.78 is 7.73. The Kier molecular flexibility index (Phi) is 4.99. The van der Waals surface area contributed by atoms with Crippen LogP contribution in [0.3, 0.4) is 0 Å². The van der Waals surface area contributed by atoms with E-state index in [2.05, 4.69) is 76.4 Å². The highest BCUT2D eigenvalue weighted by Gasteiger charge is 2.22. The summed E-state index contributed by atoms with van der Waals surface area (Å²) in [5.41, 5.74) is 7.92. The number of fused-ring (bicyclic) bond motifs is 2. The summed E-state index contributed by atoms with van der Waals surface area (Å²) in [7, 11) is 1.63. The quantitative estimate of drug-likeness (QED) is 0.354. The van der Waals surface area contributed by atoms with Crippen LogP contribution in [0.15, 0.2) is 84.0 Å². The number of benzene rings is 3. The molecule has 1 saturated carbocycles. The SMILES string of the molecule is COc1ncccc1Nc1cc2nc3ccccc3n(-c3ccc(C)cc3)c-2cc1=NC1CC1. The number of anilines is 2. The summed E-state index contributed by atoms with van der Waals surface area (Å²) in [6.07, 6.45) is 3.97. The second kappa shape index (κ2) is 8.30. The largest absolute Gasteiger partial charge is 0.480 e. The molecule has 3 aromatic rings. The molecule has 0 saturated heterocycles. The fraction of sp³-hybridized carbons (Fsp3) is 0.179. The van der Waals surface area contributed by atoms with E-state index in [1.54, 1.807) is 13.3 Å². The van der Waals surface area contributed by atoms with Crippen molar-refractivity contribution in [1.29, 1.82) is 0 Å². The van der Waals surface area contributed by atoms with Gasteiger partial charge >= 0.3 is 0 Å². The Bertz CT molecular complexity index is 1530. The minimum absolute atomic E-state index is 0.370. The summed E-state index contributed by atoms with van der Waals surface area (Å²) in [6.45, 7) is 2.11. The van der Waals surface area contributed by atoms with E-state index in [9.17, 15) is 0 Å². The summed E-state index contributed by atoms with van der Waals surface area (Å²) in [4.78, 5) is 14.4. The predicted octanol–water partition coefficient (Wildman–Crippen LogP) is 5.65. The smallest absolute Gasteiger partial charge is 0.237 e. The number of nitrogens with zero attached hydrogens (tertiary/aromatic N) is 4. The fourth-order valence-electron chi connectivity index (χ4n) is 4.21. The summed E-state index contributed by atoms with van der Waals surface area (Å²) in [5.74, 6) is 0.543. The highest BCUT2D eigenvalue weighted by Crippen LogP contribution is 2.32. The van der Waals surface area contributed by atoms with E-state index in [1.165, 1.54) is 5.56 Å². The van der Waals surface area contributed by atoms with E-state index in [-0.39, 0.29) is 0 Å². The van der Waals surface area contributed by atoms with Crippen LogP contribution in [0.2, 0.25) is 0 Å². The monoisotopic (exact) mass is 447 g/mol. The maximum absolute atomic E-state index is 5.46. The molecule has 1 aliphatic heterocycles. The zero-order valence-corrected chi connectivity index (χ0v) is 19.2. The molecule has 34 heavy (non-hydrogen) atoms. The molecule has 0 atom stereocenters. The zero-order chi connectivity index (χ0) is 23.1. The lowest BCUT2D eigenvalue weighted by atomic mass is 10.1. The van der Waals surface area contributed by atoms with Crippen molar-refractivity contribution in [2.75, 3.05) is 12.4 Å². The molecule has 2 aromatic carbocycles. The molecule has 6 rings (SSSR count). The van der Waals surface area contributed by atoms with E-state index in [1.807, 2.05) is 18.2 Å². The summed E-state index contributed by atoms with van der Waals surface area (Å²) in [6, 6.07) is 25.3. The molecule has 1 aromatic heterocycles. The first kappa shape index (κ1) is 20.4. The Labute approximate surface area is 198 Å². The lowest BCUT2D eigenvalue weighted by molar-refractivity contribution is 0.400. The number of aromatic nitrogens is 3. The fourth-order valence-corrected chi connectivity index (χ4v) is 4.21. The Morgan fingerprint density at radius 1 is 0.971 bits per heavy atom. The molecule has 0 unspecified atom stereocenters. The molecule has 2 aliphatic carbocycles. The van der Waals surface area contributed by atoms with Gasteiger partial charge in [-0.05, 0) is 68.3 Å². The van der Waals surface area contributed by atoms with Crippen LogP contribution in [0.5, 0.6) is 5.88 Å². The summed E-state index contributed by atoms with van der Waals surface area (Å²) >= 11 is 0. The molecule has 6 nitrogen and oxygen atoms in total. The van der Waals surface area contributed by atoms with Gasteiger partial charge in [-0.3, -0.25) is 4.99 Å². The predicted molar refractivity (Wildman–Crippen MR) is 135 cm³/mol.